The molecule has 2 aromatic carbocycles. The van der Waals surface area contributed by atoms with E-state index in [4.69, 9.17) is 11.6 Å². The number of halogens is 1. The molecule has 7 heteroatoms. The number of hydrogen-bond acceptors (Lipinski definition) is 5. The van der Waals surface area contributed by atoms with Crippen molar-refractivity contribution in [2.75, 3.05) is 37.3 Å². The third-order valence-corrected chi connectivity index (χ3v) is 5.04. The molecule has 1 heterocycles. The number of carbonyl (C=O) groups is 1. The van der Waals surface area contributed by atoms with Crippen LogP contribution in [0.1, 0.15) is 17.2 Å². The predicted octanol–water partition coefficient (Wildman–Crippen LogP) is 3.88. The Labute approximate surface area is 188 Å². The molecule has 1 amide bonds. The van der Waals surface area contributed by atoms with Crippen LogP contribution in [0, 0.1) is 0 Å². The lowest BCUT2D eigenvalue weighted by molar-refractivity contribution is -0.118. The first-order valence-electron chi connectivity index (χ1n) is 10.3. The van der Waals surface area contributed by atoms with Crippen LogP contribution in [-0.2, 0) is 11.2 Å². The van der Waals surface area contributed by atoms with Crippen LogP contribution < -0.4 is 21.3 Å². The molecule has 162 valence electrons. The summed E-state index contributed by atoms with van der Waals surface area (Å²) in [6.07, 6.45) is 2.51. The van der Waals surface area contributed by atoms with Crippen molar-refractivity contribution < 1.29 is 4.79 Å². The molecule has 3 rings (SSSR count). The highest BCUT2D eigenvalue weighted by molar-refractivity contribution is 6.30. The molecule has 6 nitrogen and oxygen atoms in total. The summed E-state index contributed by atoms with van der Waals surface area (Å²) >= 11 is 5.95. The summed E-state index contributed by atoms with van der Waals surface area (Å²) in [4.78, 5) is 17.4. The average molecular weight is 438 g/mol. The minimum Gasteiger partial charge on any atom is -0.383 e. The van der Waals surface area contributed by atoms with Gasteiger partial charge in [-0.1, -0.05) is 54.1 Å². The number of hydrogen-bond donors (Lipinski definition) is 4. The molecule has 0 aliphatic rings. The van der Waals surface area contributed by atoms with Crippen LogP contribution >= 0.6 is 11.6 Å². The number of carbonyl (C=O) groups excluding carboxylic acids is 1. The molecule has 0 aliphatic heterocycles. The molecule has 1 unspecified atom stereocenters. The first-order chi connectivity index (χ1) is 15.2. The van der Waals surface area contributed by atoms with Crippen molar-refractivity contribution in [1.82, 2.24) is 15.6 Å². The van der Waals surface area contributed by atoms with E-state index >= 15 is 0 Å². The number of rotatable bonds is 11. The second kappa shape index (κ2) is 12.1. The third kappa shape index (κ3) is 7.36. The topological polar surface area (TPSA) is 78.1 Å². The first kappa shape index (κ1) is 22.7. The molecule has 0 bridgehead atoms. The minimum absolute atomic E-state index is 0.148. The SMILES string of the molecule is CNCCNc1ccc(NC(=O)C(NCCc2ccc(Cl)cc2)c2ccccc2)nc1. The minimum atomic E-state index is -0.483. The van der Waals surface area contributed by atoms with Gasteiger partial charge in [-0.15, -0.1) is 0 Å². The molecular weight excluding hydrogens is 410 g/mol. The number of benzene rings is 2. The van der Waals surface area contributed by atoms with Crippen LogP contribution in [0.3, 0.4) is 0 Å². The van der Waals surface area contributed by atoms with E-state index in [0.29, 0.717) is 17.4 Å². The van der Waals surface area contributed by atoms with E-state index in [1.54, 1.807) is 12.3 Å². The maximum Gasteiger partial charge on any atom is 0.247 e. The normalized spacial score (nSPS) is 11.7. The first-order valence-corrected chi connectivity index (χ1v) is 10.7. The number of amides is 1. The average Bonchev–Trinajstić information content (AvgIpc) is 2.80. The van der Waals surface area contributed by atoms with E-state index in [1.165, 1.54) is 0 Å². The number of anilines is 2. The fourth-order valence-corrected chi connectivity index (χ4v) is 3.25. The molecule has 31 heavy (non-hydrogen) atoms. The van der Waals surface area contributed by atoms with Gasteiger partial charge in [-0.3, -0.25) is 4.79 Å². The van der Waals surface area contributed by atoms with Crippen molar-refractivity contribution in [2.45, 2.75) is 12.5 Å². The van der Waals surface area contributed by atoms with Gasteiger partial charge in [0.25, 0.3) is 0 Å². The van der Waals surface area contributed by atoms with Gasteiger partial charge in [0.1, 0.15) is 11.9 Å². The smallest absolute Gasteiger partial charge is 0.247 e. The number of nitrogens with zero attached hydrogens (tertiary/aromatic N) is 1. The zero-order valence-electron chi connectivity index (χ0n) is 17.6. The van der Waals surface area contributed by atoms with Gasteiger partial charge in [-0.05, 0) is 48.9 Å². The molecule has 4 N–H and O–H groups in total. The van der Waals surface area contributed by atoms with Crippen molar-refractivity contribution >= 4 is 29.0 Å². The molecule has 0 saturated carbocycles. The third-order valence-electron chi connectivity index (χ3n) is 4.79. The molecule has 1 aromatic heterocycles. The molecule has 0 spiro atoms. The molecule has 0 aliphatic carbocycles. The van der Waals surface area contributed by atoms with Crippen LogP contribution in [0.2, 0.25) is 5.02 Å². The second-order valence-electron chi connectivity index (χ2n) is 7.13. The quantitative estimate of drug-likeness (QED) is 0.342. The van der Waals surface area contributed by atoms with Crippen molar-refractivity contribution in [3.8, 4) is 0 Å². The van der Waals surface area contributed by atoms with Crippen molar-refractivity contribution in [2.24, 2.45) is 0 Å². The summed E-state index contributed by atoms with van der Waals surface area (Å²) in [5.41, 5.74) is 2.97. The lowest BCUT2D eigenvalue weighted by atomic mass is 10.1. The van der Waals surface area contributed by atoms with Crippen molar-refractivity contribution in [3.63, 3.8) is 0 Å². The van der Waals surface area contributed by atoms with Gasteiger partial charge in [-0.25, -0.2) is 4.98 Å². The van der Waals surface area contributed by atoms with Gasteiger partial charge in [0.2, 0.25) is 5.91 Å². The molecule has 3 aromatic rings. The summed E-state index contributed by atoms with van der Waals surface area (Å²) in [7, 11) is 1.91. The highest BCUT2D eigenvalue weighted by atomic mass is 35.5. The van der Waals surface area contributed by atoms with E-state index in [0.717, 1.165) is 36.3 Å². The standard InChI is InChI=1S/C24H28ClN5O/c1-26-15-16-27-21-11-12-22(29-17-21)30-24(31)23(19-5-3-2-4-6-19)28-14-13-18-7-9-20(25)10-8-18/h2-12,17,23,26-28H,13-16H2,1H3,(H,29,30,31). The van der Waals surface area contributed by atoms with E-state index < -0.39 is 6.04 Å². The number of pyridine rings is 1. The maximum absolute atomic E-state index is 13.0. The highest BCUT2D eigenvalue weighted by Crippen LogP contribution is 2.17. The molecule has 0 saturated heterocycles. The summed E-state index contributed by atoms with van der Waals surface area (Å²) in [6, 6.07) is 20.7. The zero-order valence-corrected chi connectivity index (χ0v) is 18.3. The molecule has 0 radical (unpaired) electrons. The van der Waals surface area contributed by atoms with E-state index in [2.05, 4.69) is 26.3 Å². The van der Waals surface area contributed by atoms with Crippen LogP contribution in [0.4, 0.5) is 11.5 Å². The van der Waals surface area contributed by atoms with E-state index in [1.807, 2.05) is 67.7 Å². The van der Waals surface area contributed by atoms with E-state index in [-0.39, 0.29) is 5.91 Å². The highest BCUT2D eigenvalue weighted by Gasteiger charge is 2.20. The van der Waals surface area contributed by atoms with Crippen molar-refractivity contribution in [1.29, 1.82) is 0 Å². The Morgan fingerprint density at radius 3 is 2.42 bits per heavy atom. The fraction of sp³-hybridized carbons (Fsp3) is 0.250. The Morgan fingerprint density at radius 2 is 1.74 bits per heavy atom. The van der Waals surface area contributed by atoms with Gasteiger partial charge in [-0.2, -0.15) is 0 Å². The van der Waals surface area contributed by atoms with Crippen LogP contribution in [0.5, 0.6) is 0 Å². The van der Waals surface area contributed by atoms with E-state index in [9.17, 15) is 4.79 Å². The monoisotopic (exact) mass is 437 g/mol. The van der Waals surface area contributed by atoms with Crippen LogP contribution in [-0.4, -0.2) is 37.6 Å². The number of nitrogens with one attached hydrogen (secondary N) is 4. The fourth-order valence-electron chi connectivity index (χ4n) is 3.12. The Bertz CT molecular complexity index is 932. The Kier molecular flexibility index (Phi) is 8.84. The van der Waals surface area contributed by atoms with Crippen LogP contribution in [0.25, 0.3) is 0 Å². The van der Waals surface area contributed by atoms with Gasteiger partial charge in [0, 0.05) is 24.7 Å². The van der Waals surface area contributed by atoms with Gasteiger partial charge in [0.05, 0.1) is 11.9 Å². The lowest BCUT2D eigenvalue weighted by Gasteiger charge is -2.19. The Balaban J connectivity index is 1.61. The number of likely N-dealkylation sites (N-methyl/N-ethyl adjacent to an activating group) is 1. The molecular formula is C24H28ClN5O. The summed E-state index contributed by atoms with van der Waals surface area (Å²) in [5.74, 6) is 0.371. The van der Waals surface area contributed by atoms with Gasteiger partial charge in [0.15, 0.2) is 0 Å². The van der Waals surface area contributed by atoms with Crippen molar-refractivity contribution in [3.05, 3.63) is 89.1 Å². The summed E-state index contributed by atoms with van der Waals surface area (Å²) in [6.45, 7) is 2.31. The molecule has 1 atom stereocenters. The van der Waals surface area contributed by atoms with Gasteiger partial charge < -0.3 is 21.3 Å². The Hall–Kier alpha value is -2.93. The molecule has 0 fully saturated rings. The van der Waals surface area contributed by atoms with Gasteiger partial charge >= 0.3 is 0 Å². The maximum atomic E-state index is 13.0. The predicted molar refractivity (Wildman–Crippen MR) is 128 cm³/mol. The number of aromatic nitrogens is 1. The largest absolute Gasteiger partial charge is 0.383 e. The van der Waals surface area contributed by atoms with Crippen LogP contribution in [0.15, 0.2) is 72.9 Å². The Morgan fingerprint density at radius 1 is 0.968 bits per heavy atom. The summed E-state index contributed by atoms with van der Waals surface area (Å²) in [5, 5.41) is 13.4. The zero-order chi connectivity index (χ0) is 21.9. The lowest BCUT2D eigenvalue weighted by Crippen LogP contribution is -2.34. The second-order valence-corrected chi connectivity index (χ2v) is 7.56. The summed E-state index contributed by atoms with van der Waals surface area (Å²) < 4.78 is 0.